The van der Waals surface area contributed by atoms with Crippen LogP contribution in [0.4, 0.5) is 22.0 Å². The van der Waals surface area contributed by atoms with Crippen molar-refractivity contribution in [2.24, 2.45) is 0 Å². The van der Waals surface area contributed by atoms with Crippen molar-refractivity contribution in [3.63, 3.8) is 0 Å². The van der Waals surface area contributed by atoms with Crippen LogP contribution < -0.4 is 16.0 Å². The second kappa shape index (κ2) is 11.3. The Morgan fingerprint density at radius 2 is 1.95 bits per heavy atom. The fraction of sp³-hybridized carbons (Fsp3) is 0.423. The van der Waals surface area contributed by atoms with Gasteiger partial charge in [-0.2, -0.15) is 0 Å². The number of hydrogen-bond acceptors (Lipinski definition) is 10. The Labute approximate surface area is 232 Å². The lowest BCUT2D eigenvalue weighted by molar-refractivity contribution is 0.141. The molecule has 0 aliphatic rings. The molecule has 4 N–H and O–H groups in total. The molecule has 208 valence electrons. The van der Waals surface area contributed by atoms with Gasteiger partial charge < -0.3 is 29.9 Å². The highest BCUT2D eigenvalue weighted by Gasteiger charge is 2.40. The van der Waals surface area contributed by atoms with E-state index in [9.17, 15) is 9.90 Å². The number of hydrogen-bond donors (Lipinski definition) is 4. The number of rotatable bonds is 10. The van der Waals surface area contributed by atoms with E-state index in [1.165, 1.54) is 0 Å². The van der Waals surface area contributed by atoms with Crippen LogP contribution in [-0.4, -0.2) is 52.3 Å². The standard InChI is InChI=1S/C26H35N7O4SSi/c1-15(2)30-19-11-22(31-16-8-9-18-21(10-16)38-14-29-18)27-12-17(19)23-32-33-24(36-23)20(13-28-25(34)35)37-39(6,7)26(3,4)5/h8-12,14-15,20,28H,13H2,1-7H3,(H,34,35)(H2,27,30,31). The van der Waals surface area contributed by atoms with E-state index in [4.69, 9.17) is 8.84 Å². The molecular weight excluding hydrogens is 534 g/mol. The van der Waals surface area contributed by atoms with Gasteiger partial charge in [0.15, 0.2) is 8.32 Å². The lowest BCUT2D eigenvalue weighted by Crippen LogP contribution is -2.44. The molecule has 1 atom stereocenters. The topological polar surface area (TPSA) is 147 Å². The summed E-state index contributed by atoms with van der Waals surface area (Å²) < 4.78 is 13.6. The zero-order valence-corrected chi connectivity index (χ0v) is 25.0. The van der Waals surface area contributed by atoms with E-state index in [-0.39, 0.29) is 29.4 Å². The molecule has 39 heavy (non-hydrogen) atoms. The average molecular weight is 570 g/mol. The van der Waals surface area contributed by atoms with Crippen LogP contribution in [0.2, 0.25) is 18.1 Å². The number of amides is 1. The molecule has 0 saturated heterocycles. The maximum absolute atomic E-state index is 11.2. The number of benzene rings is 1. The molecule has 0 aliphatic heterocycles. The van der Waals surface area contributed by atoms with Gasteiger partial charge >= 0.3 is 6.09 Å². The Morgan fingerprint density at radius 1 is 1.18 bits per heavy atom. The van der Waals surface area contributed by atoms with Gasteiger partial charge in [-0.1, -0.05) is 20.8 Å². The van der Waals surface area contributed by atoms with Crippen molar-refractivity contribution in [3.8, 4) is 11.5 Å². The first-order valence-electron chi connectivity index (χ1n) is 12.7. The number of nitrogens with zero attached hydrogens (tertiary/aromatic N) is 4. The van der Waals surface area contributed by atoms with E-state index in [2.05, 4.69) is 70.0 Å². The van der Waals surface area contributed by atoms with Crippen molar-refractivity contribution < 1.29 is 18.7 Å². The van der Waals surface area contributed by atoms with Crippen LogP contribution in [0.5, 0.6) is 0 Å². The van der Waals surface area contributed by atoms with E-state index in [1.807, 2.05) is 43.6 Å². The smallest absolute Gasteiger partial charge is 0.404 e. The molecule has 3 heterocycles. The minimum Gasteiger partial charge on any atom is -0.465 e. The highest BCUT2D eigenvalue weighted by molar-refractivity contribution is 7.16. The molecule has 1 amide bonds. The zero-order valence-electron chi connectivity index (χ0n) is 23.2. The summed E-state index contributed by atoms with van der Waals surface area (Å²) in [6, 6.07) is 7.99. The van der Waals surface area contributed by atoms with Crippen LogP contribution >= 0.6 is 11.3 Å². The van der Waals surface area contributed by atoms with Crippen LogP contribution in [0.3, 0.4) is 0 Å². The van der Waals surface area contributed by atoms with Gasteiger partial charge in [0.2, 0.25) is 5.89 Å². The Kier molecular flexibility index (Phi) is 8.23. The Balaban J connectivity index is 1.63. The maximum atomic E-state index is 11.2. The van der Waals surface area contributed by atoms with Crippen LogP contribution in [0.15, 0.2) is 40.4 Å². The molecule has 4 aromatic rings. The fourth-order valence-electron chi connectivity index (χ4n) is 3.57. The molecule has 3 aromatic heterocycles. The Morgan fingerprint density at radius 3 is 2.64 bits per heavy atom. The van der Waals surface area contributed by atoms with E-state index in [0.29, 0.717) is 11.4 Å². The van der Waals surface area contributed by atoms with Gasteiger partial charge in [0.25, 0.3) is 5.89 Å². The van der Waals surface area contributed by atoms with Crippen molar-refractivity contribution >= 4 is 53.2 Å². The van der Waals surface area contributed by atoms with Gasteiger partial charge in [0.05, 0.1) is 33.5 Å². The van der Waals surface area contributed by atoms with Crippen molar-refractivity contribution in [1.29, 1.82) is 0 Å². The summed E-state index contributed by atoms with van der Waals surface area (Å²) in [5, 5.41) is 26.8. The molecule has 4 rings (SSSR count). The third-order valence-electron chi connectivity index (χ3n) is 6.58. The monoisotopic (exact) mass is 569 g/mol. The lowest BCUT2D eigenvalue weighted by Gasteiger charge is -2.38. The van der Waals surface area contributed by atoms with Crippen molar-refractivity contribution in [3.05, 3.63) is 41.9 Å². The van der Waals surface area contributed by atoms with Gasteiger partial charge in [-0.25, -0.2) is 14.8 Å². The van der Waals surface area contributed by atoms with Crippen LogP contribution in [0.25, 0.3) is 21.7 Å². The molecule has 1 aromatic carbocycles. The summed E-state index contributed by atoms with van der Waals surface area (Å²) in [6.07, 6.45) is -0.196. The number of carboxylic acid groups (broad SMARTS) is 1. The Bertz CT molecular complexity index is 1450. The first-order chi connectivity index (χ1) is 18.3. The minimum atomic E-state index is -2.28. The number of anilines is 3. The molecular formula is C26H35N7O4SSi. The summed E-state index contributed by atoms with van der Waals surface area (Å²) in [7, 11) is -2.28. The molecule has 0 fully saturated rings. The molecule has 0 bridgehead atoms. The predicted molar refractivity (Wildman–Crippen MR) is 156 cm³/mol. The average Bonchev–Trinajstić information content (AvgIpc) is 3.50. The van der Waals surface area contributed by atoms with E-state index in [1.54, 1.807) is 17.5 Å². The number of pyridine rings is 1. The van der Waals surface area contributed by atoms with Gasteiger partial charge in [-0.15, -0.1) is 21.5 Å². The summed E-state index contributed by atoms with van der Waals surface area (Å²) >= 11 is 1.58. The van der Waals surface area contributed by atoms with Gasteiger partial charge in [0.1, 0.15) is 11.9 Å². The molecule has 0 radical (unpaired) electrons. The quantitative estimate of drug-likeness (QED) is 0.153. The molecule has 11 nitrogen and oxygen atoms in total. The number of fused-ring (bicyclic) bond motifs is 1. The maximum Gasteiger partial charge on any atom is 0.404 e. The Hall–Kier alpha value is -3.55. The van der Waals surface area contributed by atoms with Gasteiger partial charge in [-0.3, -0.25) is 0 Å². The van der Waals surface area contributed by atoms with Crippen LogP contribution in [-0.2, 0) is 4.43 Å². The predicted octanol–water partition coefficient (Wildman–Crippen LogP) is 6.64. The van der Waals surface area contributed by atoms with E-state index in [0.717, 1.165) is 21.6 Å². The number of nitrogens with one attached hydrogen (secondary N) is 3. The normalized spacial score (nSPS) is 13.0. The first kappa shape index (κ1) is 28.5. The summed E-state index contributed by atoms with van der Waals surface area (Å²) in [5.41, 5.74) is 5.08. The largest absolute Gasteiger partial charge is 0.465 e. The van der Waals surface area contributed by atoms with E-state index >= 15 is 0 Å². The molecule has 13 heteroatoms. The summed E-state index contributed by atoms with van der Waals surface area (Å²) in [4.78, 5) is 20.2. The summed E-state index contributed by atoms with van der Waals surface area (Å²) in [6.45, 7) is 14.6. The second-order valence-electron chi connectivity index (χ2n) is 11.1. The molecule has 1 unspecified atom stereocenters. The third kappa shape index (κ3) is 6.91. The van der Waals surface area contributed by atoms with Crippen molar-refractivity contribution in [2.45, 2.75) is 64.9 Å². The van der Waals surface area contributed by atoms with Crippen LogP contribution in [0.1, 0.15) is 46.6 Å². The van der Waals surface area contributed by atoms with Crippen molar-refractivity contribution in [2.75, 3.05) is 17.2 Å². The highest BCUT2D eigenvalue weighted by atomic mass is 32.1. The SMILES string of the molecule is CC(C)Nc1cc(Nc2ccc3ncsc3c2)ncc1-c1nnc(C(CNC(=O)O)O[Si](C)(C)C(C)(C)C)o1. The zero-order chi connectivity index (χ0) is 28.4. The van der Waals surface area contributed by atoms with Gasteiger partial charge in [0, 0.05) is 24.0 Å². The molecule has 0 aliphatic carbocycles. The lowest BCUT2D eigenvalue weighted by atomic mass is 10.2. The second-order valence-corrected chi connectivity index (χ2v) is 16.7. The fourth-order valence-corrected chi connectivity index (χ4v) is 5.54. The molecule has 0 saturated carbocycles. The minimum absolute atomic E-state index is 0.00815. The number of carbonyl (C=O) groups is 1. The van der Waals surface area contributed by atoms with Crippen molar-refractivity contribution in [1.82, 2.24) is 25.5 Å². The highest BCUT2D eigenvalue weighted by Crippen LogP contribution is 2.40. The molecule has 0 spiro atoms. The van der Waals surface area contributed by atoms with Crippen LogP contribution in [0, 0.1) is 0 Å². The number of thiazole rings is 1. The number of aromatic nitrogens is 4. The summed E-state index contributed by atoms with van der Waals surface area (Å²) in [5.74, 6) is 1.12. The third-order valence-corrected chi connectivity index (χ3v) is 11.9. The first-order valence-corrected chi connectivity index (χ1v) is 16.5. The van der Waals surface area contributed by atoms with E-state index < -0.39 is 20.5 Å². The van der Waals surface area contributed by atoms with Gasteiger partial charge in [-0.05, 0) is 50.2 Å².